The van der Waals surface area contributed by atoms with Gasteiger partial charge in [0.1, 0.15) is 0 Å². The molecule has 1 aromatic carbocycles. The number of halogens is 1. The molecule has 0 saturated carbocycles. The van der Waals surface area contributed by atoms with Crippen LogP contribution < -0.4 is 10.6 Å². The third-order valence-corrected chi connectivity index (χ3v) is 3.44. The van der Waals surface area contributed by atoms with Gasteiger partial charge in [0.2, 0.25) is 5.91 Å². The van der Waals surface area contributed by atoms with Crippen molar-refractivity contribution in [2.75, 3.05) is 6.54 Å². The zero-order valence-electron chi connectivity index (χ0n) is 12.6. The summed E-state index contributed by atoms with van der Waals surface area (Å²) in [5.41, 5.74) is 1.51. The second-order valence-corrected chi connectivity index (χ2v) is 5.44. The molecule has 23 heavy (non-hydrogen) atoms. The Kier molecular flexibility index (Phi) is 6.56. The normalized spacial score (nSPS) is 10.1. The first-order valence-electron chi connectivity index (χ1n) is 7.34. The predicted molar refractivity (Wildman–Crippen MR) is 89.1 cm³/mol. The second kappa shape index (κ2) is 8.90. The summed E-state index contributed by atoms with van der Waals surface area (Å²) in [4.78, 5) is 27.5. The van der Waals surface area contributed by atoms with Gasteiger partial charge in [-0.05, 0) is 42.3 Å². The Balaban J connectivity index is 1.62. The molecule has 2 amide bonds. The lowest BCUT2D eigenvalue weighted by molar-refractivity contribution is -0.121. The van der Waals surface area contributed by atoms with Gasteiger partial charge in [-0.3, -0.25) is 14.6 Å². The van der Waals surface area contributed by atoms with Crippen LogP contribution in [0.25, 0.3) is 0 Å². The minimum atomic E-state index is -0.169. The lowest BCUT2D eigenvalue weighted by Crippen LogP contribution is -2.27. The van der Waals surface area contributed by atoms with Crippen LogP contribution in [0.1, 0.15) is 28.8 Å². The number of carbonyl (C=O) groups is 2. The van der Waals surface area contributed by atoms with Crippen molar-refractivity contribution >= 4 is 23.4 Å². The molecule has 1 heterocycles. The van der Waals surface area contributed by atoms with E-state index >= 15 is 0 Å². The van der Waals surface area contributed by atoms with Crippen molar-refractivity contribution in [3.63, 3.8) is 0 Å². The smallest absolute Gasteiger partial charge is 0.251 e. The fourth-order valence-electron chi connectivity index (χ4n) is 1.95. The fourth-order valence-corrected chi connectivity index (χ4v) is 2.07. The minimum absolute atomic E-state index is 0.0467. The molecule has 0 aliphatic carbocycles. The number of aromatic nitrogens is 1. The third kappa shape index (κ3) is 6.08. The Bertz CT molecular complexity index is 645. The van der Waals surface area contributed by atoms with E-state index in [9.17, 15) is 9.59 Å². The van der Waals surface area contributed by atoms with E-state index in [-0.39, 0.29) is 11.8 Å². The average molecular weight is 332 g/mol. The van der Waals surface area contributed by atoms with Crippen molar-refractivity contribution < 1.29 is 9.59 Å². The molecule has 120 valence electrons. The topological polar surface area (TPSA) is 71.1 Å². The van der Waals surface area contributed by atoms with Crippen molar-refractivity contribution in [1.82, 2.24) is 15.6 Å². The van der Waals surface area contributed by atoms with Crippen molar-refractivity contribution in [3.8, 4) is 0 Å². The van der Waals surface area contributed by atoms with Gasteiger partial charge in [0.25, 0.3) is 5.91 Å². The van der Waals surface area contributed by atoms with Crippen LogP contribution in [0.5, 0.6) is 0 Å². The summed E-state index contributed by atoms with van der Waals surface area (Å²) in [6.45, 7) is 0.908. The number of nitrogens with zero attached hydrogens (tertiary/aromatic N) is 1. The molecule has 0 fully saturated rings. The molecular formula is C17H18ClN3O2. The Morgan fingerprint density at radius 3 is 2.57 bits per heavy atom. The number of hydrogen-bond donors (Lipinski definition) is 2. The van der Waals surface area contributed by atoms with Crippen LogP contribution in [0.2, 0.25) is 5.02 Å². The maximum atomic E-state index is 11.8. The highest BCUT2D eigenvalue weighted by Gasteiger charge is 2.05. The van der Waals surface area contributed by atoms with Crippen LogP contribution in [0.3, 0.4) is 0 Å². The second-order valence-electron chi connectivity index (χ2n) is 5.00. The molecule has 5 nitrogen and oxygen atoms in total. The highest BCUT2D eigenvalue weighted by molar-refractivity contribution is 6.30. The summed E-state index contributed by atoms with van der Waals surface area (Å²) in [5.74, 6) is -0.216. The molecule has 2 N–H and O–H groups in total. The van der Waals surface area contributed by atoms with Crippen LogP contribution in [0.15, 0.2) is 48.8 Å². The van der Waals surface area contributed by atoms with Crippen LogP contribution >= 0.6 is 11.6 Å². The third-order valence-electron chi connectivity index (χ3n) is 3.19. The summed E-state index contributed by atoms with van der Waals surface area (Å²) in [7, 11) is 0. The minimum Gasteiger partial charge on any atom is -0.352 e. The fraction of sp³-hybridized carbons (Fsp3) is 0.235. The quantitative estimate of drug-likeness (QED) is 0.766. The van der Waals surface area contributed by atoms with E-state index < -0.39 is 0 Å². The number of amides is 2. The van der Waals surface area contributed by atoms with E-state index in [1.165, 1.54) is 0 Å². The molecule has 2 rings (SSSR count). The summed E-state index contributed by atoms with van der Waals surface area (Å²) in [6, 6.07) is 10.4. The number of hydrogen-bond acceptors (Lipinski definition) is 3. The van der Waals surface area contributed by atoms with Gasteiger partial charge in [-0.15, -0.1) is 0 Å². The molecule has 0 bridgehead atoms. The molecule has 0 saturated heterocycles. The van der Waals surface area contributed by atoms with Crippen LogP contribution in [0, 0.1) is 0 Å². The maximum absolute atomic E-state index is 11.8. The number of benzene rings is 1. The average Bonchev–Trinajstić information content (AvgIpc) is 2.58. The zero-order valence-corrected chi connectivity index (χ0v) is 13.3. The molecule has 0 spiro atoms. The molecule has 0 aliphatic heterocycles. The van der Waals surface area contributed by atoms with E-state index in [0.29, 0.717) is 36.5 Å². The number of carbonyl (C=O) groups excluding carboxylic acids is 2. The van der Waals surface area contributed by atoms with E-state index in [0.717, 1.165) is 5.56 Å². The summed E-state index contributed by atoms with van der Waals surface area (Å²) in [5, 5.41) is 6.18. The van der Waals surface area contributed by atoms with Gasteiger partial charge in [-0.1, -0.05) is 17.7 Å². The highest BCUT2D eigenvalue weighted by atomic mass is 35.5. The molecular weight excluding hydrogens is 314 g/mol. The first kappa shape index (κ1) is 17.0. The van der Waals surface area contributed by atoms with Gasteiger partial charge in [-0.2, -0.15) is 0 Å². The molecule has 0 aliphatic rings. The van der Waals surface area contributed by atoms with Gasteiger partial charge in [0.15, 0.2) is 0 Å². The monoisotopic (exact) mass is 331 g/mol. The number of rotatable bonds is 7. The lowest BCUT2D eigenvalue weighted by atomic mass is 10.2. The highest BCUT2D eigenvalue weighted by Crippen LogP contribution is 2.09. The molecule has 6 heteroatoms. The van der Waals surface area contributed by atoms with Gasteiger partial charge >= 0.3 is 0 Å². The van der Waals surface area contributed by atoms with Crippen molar-refractivity contribution in [2.45, 2.75) is 19.4 Å². The first-order valence-corrected chi connectivity index (χ1v) is 7.72. The summed E-state index contributed by atoms with van der Waals surface area (Å²) < 4.78 is 0. The maximum Gasteiger partial charge on any atom is 0.251 e. The molecule has 0 atom stereocenters. The first-order chi connectivity index (χ1) is 11.1. The van der Waals surface area contributed by atoms with Crippen LogP contribution in [-0.4, -0.2) is 23.3 Å². The molecule has 0 unspecified atom stereocenters. The van der Waals surface area contributed by atoms with Crippen molar-refractivity contribution in [2.24, 2.45) is 0 Å². The number of pyridine rings is 1. The summed E-state index contributed by atoms with van der Waals surface area (Å²) >= 11 is 5.77. The largest absolute Gasteiger partial charge is 0.352 e. The molecule has 2 aromatic rings. The predicted octanol–water partition coefficient (Wildman–Crippen LogP) is 2.56. The Morgan fingerprint density at radius 1 is 1.09 bits per heavy atom. The van der Waals surface area contributed by atoms with E-state index in [4.69, 9.17) is 11.6 Å². The van der Waals surface area contributed by atoms with E-state index in [1.54, 1.807) is 36.7 Å². The van der Waals surface area contributed by atoms with Gasteiger partial charge < -0.3 is 10.6 Å². The Morgan fingerprint density at radius 2 is 1.87 bits per heavy atom. The SMILES string of the molecule is O=C(CCCNC(=O)c1ccc(Cl)cc1)NCc1cccnc1. The Hall–Kier alpha value is -2.40. The Labute approximate surface area is 140 Å². The van der Waals surface area contributed by atoms with Gasteiger partial charge in [-0.25, -0.2) is 0 Å². The van der Waals surface area contributed by atoms with Gasteiger partial charge in [0, 0.05) is 42.5 Å². The van der Waals surface area contributed by atoms with Crippen LogP contribution in [-0.2, 0) is 11.3 Å². The van der Waals surface area contributed by atoms with Crippen molar-refractivity contribution in [1.29, 1.82) is 0 Å². The standard InChI is InChI=1S/C17H18ClN3O2/c18-15-7-5-14(6-8-15)17(23)20-10-2-4-16(22)21-12-13-3-1-9-19-11-13/h1,3,5-9,11H,2,4,10,12H2,(H,20,23)(H,21,22). The van der Waals surface area contributed by atoms with E-state index in [2.05, 4.69) is 15.6 Å². The molecule has 0 radical (unpaired) electrons. The van der Waals surface area contributed by atoms with Crippen molar-refractivity contribution in [3.05, 3.63) is 64.9 Å². The van der Waals surface area contributed by atoms with Gasteiger partial charge in [0.05, 0.1) is 0 Å². The number of nitrogens with one attached hydrogen (secondary N) is 2. The zero-order chi connectivity index (χ0) is 16.5. The molecule has 1 aromatic heterocycles. The lowest BCUT2D eigenvalue weighted by Gasteiger charge is -2.07. The summed E-state index contributed by atoms with van der Waals surface area (Å²) in [6.07, 6.45) is 4.35. The van der Waals surface area contributed by atoms with Crippen LogP contribution in [0.4, 0.5) is 0 Å². The van der Waals surface area contributed by atoms with E-state index in [1.807, 2.05) is 12.1 Å².